The highest BCUT2D eigenvalue weighted by molar-refractivity contribution is 14.0. The molecule has 1 N–H and O–H groups in total. The van der Waals surface area contributed by atoms with E-state index in [1.807, 2.05) is 0 Å². The van der Waals surface area contributed by atoms with Gasteiger partial charge in [0.25, 0.3) is 0 Å². The molecule has 6 heteroatoms. The van der Waals surface area contributed by atoms with Gasteiger partial charge in [-0.15, -0.1) is 24.0 Å². The lowest BCUT2D eigenvalue weighted by Gasteiger charge is -2.34. The molecule has 0 aromatic heterocycles. The van der Waals surface area contributed by atoms with Crippen LogP contribution in [0, 0.1) is 11.8 Å². The number of hydrogen-bond donors (Lipinski definition) is 1. The van der Waals surface area contributed by atoms with E-state index in [0.717, 1.165) is 82.4 Å². The van der Waals surface area contributed by atoms with Gasteiger partial charge in [-0.25, -0.2) is 0 Å². The number of halogens is 1. The molecule has 30 heavy (non-hydrogen) atoms. The Hall–Kier alpha value is -0.860. The van der Waals surface area contributed by atoms with Gasteiger partial charge in [-0.05, 0) is 67.9 Å². The first-order valence-electron chi connectivity index (χ1n) is 11.5. The molecule has 2 fully saturated rings. The largest absolute Gasteiger partial charge is 0.385 e. The molecular formula is C24H38IN3O2. The van der Waals surface area contributed by atoms with Crippen molar-refractivity contribution in [3.05, 3.63) is 35.4 Å². The van der Waals surface area contributed by atoms with Gasteiger partial charge in [0.15, 0.2) is 5.96 Å². The Labute approximate surface area is 199 Å². The van der Waals surface area contributed by atoms with Gasteiger partial charge in [-0.3, -0.25) is 4.99 Å². The van der Waals surface area contributed by atoms with E-state index >= 15 is 0 Å². The number of piperidine rings is 1. The SMILES string of the molecule is CCNC(=NCC1C2CCc3ccccc3C21)N1CCC(OCCCOC)CC1.I. The summed E-state index contributed by atoms with van der Waals surface area (Å²) >= 11 is 0. The number of hydrogen-bond acceptors (Lipinski definition) is 3. The number of benzene rings is 1. The maximum atomic E-state index is 6.01. The van der Waals surface area contributed by atoms with E-state index in [4.69, 9.17) is 14.5 Å². The van der Waals surface area contributed by atoms with Crippen LogP contribution in [0.4, 0.5) is 0 Å². The number of likely N-dealkylation sites (tertiary alicyclic amines) is 1. The monoisotopic (exact) mass is 527 g/mol. The second-order valence-electron chi connectivity index (χ2n) is 8.69. The van der Waals surface area contributed by atoms with E-state index in [9.17, 15) is 0 Å². The zero-order valence-corrected chi connectivity index (χ0v) is 20.8. The third kappa shape index (κ3) is 5.68. The molecule has 0 spiro atoms. The molecular weight excluding hydrogens is 489 g/mol. The normalized spacial score (nSPS) is 25.9. The fourth-order valence-electron chi connectivity index (χ4n) is 5.26. The van der Waals surface area contributed by atoms with E-state index in [0.29, 0.717) is 6.10 Å². The number of guanidine groups is 1. The van der Waals surface area contributed by atoms with E-state index in [-0.39, 0.29) is 24.0 Å². The van der Waals surface area contributed by atoms with E-state index in [1.54, 1.807) is 18.2 Å². The van der Waals surface area contributed by atoms with Crippen molar-refractivity contribution >= 4 is 29.9 Å². The Bertz CT molecular complexity index is 691. The van der Waals surface area contributed by atoms with Crippen molar-refractivity contribution in [3.8, 4) is 0 Å². The smallest absolute Gasteiger partial charge is 0.193 e. The van der Waals surface area contributed by atoms with Crippen LogP contribution in [-0.2, 0) is 15.9 Å². The molecule has 4 rings (SSSR count). The summed E-state index contributed by atoms with van der Waals surface area (Å²) in [5.74, 6) is 3.43. The summed E-state index contributed by atoms with van der Waals surface area (Å²) in [6, 6.07) is 9.04. The van der Waals surface area contributed by atoms with Crippen molar-refractivity contribution < 1.29 is 9.47 Å². The number of rotatable bonds is 8. The Kier molecular flexibility index (Phi) is 9.26. The maximum Gasteiger partial charge on any atom is 0.193 e. The minimum Gasteiger partial charge on any atom is -0.385 e. The van der Waals surface area contributed by atoms with Crippen LogP contribution in [0.3, 0.4) is 0 Å². The molecule has 1 aromatic rings. The number of aryl methyl sites for hydroxylation is 1. The number of ether oxygens (including phenoxy) is 2. The maximum absolute atomic E-state index is 6.01. The van der Waals surface area contributed by atoms with Crippen LogP contribution in [0.5, 0.6) is 0 Å². The Morgan fingerprint density at radius 1 is 1.17 bits per heavy atom. The van der Waals surface area contributed by atoms with Gasteiger partial charge in [-0.1, -0.05) is 24.3 Å². The first-order chi connectivity index (χ1) is 14.3. The summed E-state index contributed by atoms with van der Waals surface area (Å²) in [5, 5.41) is 3.53. The number of fused-ring (bicyclic) bond motifs is 3. The van der Waals surface area contributed by atoms with Crippen molar-refractivity contribution in [3.63, 3.8) is 0 Å². The third-order valence-electron chi connectivity index (χ3n) is 6.87. The fraction of sp³-hybridized carbons (Fsp3) is 0.708. The summed E-state index contributed by atoms with van der Waals surface area (Å²) in [7, 11) is 1.75. The molecule has 5 nitrogen and oxygen atoms in total. The summed E-state index contributed by atoms with van der Waals surface area (Å²) in [6.45, 7) is 7.69. The molecule has 168 valence electrons. The fourth-order valence-corrected chi connectivity index (χ4v) is 5.26. The zero-order chi connectivity index (χ0) is 20.1. The zero-order valence-electron chi connectivity index (χ0n) is 18.5. The highest BCUT2D eigenvalue weighted by Gasteiger charge is 2.52. The highest BCUT2D eigenvalue weighted by Crippen LogP contribution is 2.59. The van der Waals surface area contributed by atoms with Gasteiger partial charge in [-0.2, -0.15) is 0 Å². The summed E-state index contributed by atoms with van der Waals surface area (Å²) < 4.78 is 11.1. The van der Waals surface area contributed by atoms with Crippen LogP contribution in [-0.4, -0.2) is 63.5 Å². The lowest BCUT2D eigenvalue weighted by Crippen LogP contribution is -2.47. The lowest BCUT2D eigenvalue weighted by molar-refractivity contribution is 0.00990. The van der Waals surface area contributed by atoms with Gasteiger partial charge in [0, 0.05) is 46.5 Å². The van der Waals surface area contributed by atoms with Gasteiger partial charge in [0.1, 0.15) is 0 Å². The van der Waals surface area contributed by atoms with Crippen molar-refractivity contribution in [2.24, 2.45) is 16.8 Å². The minimum atomic E-state index is 0. The average Bonchev–Trinajstić information content (AvgIpc) is 3.48. The molecule has 1 aliphatic heterocycles. The molecule has 1 saturated carbocycles. The molecule has 2 aliphatic carbocycles. The molecule has 1 saturated heterocycles. The van der Waals surface area contributed by atoms with E-state index < -0.39 is 0 Å². The first kappa shape index (κ1) is 23.8. The summed E-state index contributed by atoms with van der Waals surface area (Å²) in [4.78, 5) is 7.51. The highest BCUT2D eigenvalue weighted by atomic mass is 127. The number of nitrogens with zero attached hydrogens (tertiary/aromatic N) is 2. The lowest BCUT2D eigenvalue weighted by atomic mass is 9.92. The molecule has 1 heterocycles. The standard InChI is InChI=1S/C24H37N3O2.HI/c1-3-25-24(27-13-11-19(12-14-27)29-16-6-15-28-2)26-17-22-21-10-9-18-7-4-5-8-20(18)23(21)22;/h4-5,7-8,19,21-23H,3,6,9-17H2,1-2H3,(H,25,26);1H. The third-order valence-corrected chi connectivity index (χ3v) is 6.87. The van der Waals surface area contributed by atoms with E-state index in [1.165, 1.54) is 12.8 Å². The van der Waals surface area contributed by atoms with Crippen molar-refractivity contribution in [1.82, 2.24) is 10.2 Å². The Balaban J connectivity index is 0.00000256. The van der Waals surface area contributed by atoms with Crippen LogP contribution >= 0.6 is 24.0 Å². The number of aliphatic imine (C=N–C) groups is 1. The van der Waals surface area contributed by atoms with Gasteiger partial charge >= 0.3 is 0 Å². The van der Waals surface area contributed by atoms with Crippen LogP contribution in [0.1, 0.15) is 49.7 Å². The second-order valence-corrected chi connectivity index (χ2v) is 8.69. The Morgan fingerprint density at radius 2 is 1.97 bits per heavy atom. The van der Waals surface area contributed by atoms with E-state index in [2.05, 4.69) is 41.4 Å². The van der Waals surface area contributed by atoms with Crippen molar-refractivity contribution in [1.29, 1.82) is 0 Å². The molecule has 0 amide bonds. The van der Waals surface area contributed by atoms with Crippen LogP contribution < -0.4 is 5.32 Å². The molecule has 0 radical (unpaired) electrons. The number of methoxy groups -OCH3 is 1. The molecule has 0 bridgehead atoms. The van der Waals surface area contributed by atoms with Gasteiger partial charge in [0.2, 0.25) is 0 Å². The summed E-state index contributed by atoms with van der Waals surface area (Å²) in [6.07, 6.45) is 6.11. The Morgan fingerprint density at radius 3 is 2.73 bits per heavy atom. The average molecular weight is 527 g/mol. The van der Waals surface area contributed by atoms with Gasteiger partial charge in [0.05, 0.1) is 6.10 Å². The second kappa shape index (κ2) is 11.7. The molecule has 3 atom stereocenters. The van der Waals surface area contributed by atoms with Gasteiger partial charge < -0.3 is 19.7 Å². The molecule has 3 aliphatic rings. The topological polar surface area (TPSA) is 46.1 Å². The predicted octanol–water partition coefficient (Wildman–Crippen LogP) is 4.06. The molecule has 1 aromatic carbocycles. The van der Waals surface area contributed by atoms with Crippen molar-refractivity contribution in [2.75, 3.05) is 46.5 Å². The first-order valence-corrected chi connectivity index (χ1v) is 11.5. The summed E-state index contributed by atoms with van der Waals surface area (Å²) in [5.41, 5.74) is 3.17. The minimum absolute atomic E-state index is 0. The molecule has 3 unspecified atom stereocenters. The number of nitrogens with one attached hydrogen (secondary N) is 1. The quantitative estimate of drug-likeness (QED) is 0.240. The van der Waals surface area contributed by atoms with Crippen LogP contribution in [0.15, 0.2) is 29.3 Å². The van der Waals surface area contributed by atoms with Crippen molar-refractivity contribution in [2.45, 2.75) is 51.0 Å². The van der Waals surface area contributed by atoms with Crippen LogP contribution in [0.25, 0.3) is 0 Å². The predicted molar refractivity (Wildman–Crippen MR) is 133 cm³/mol. The van der Waals surface area contributed by atoms with Crippen LogP contribution in [0.2, 0.25) is 0 Å².